The number of rotatable bonds is 3. The molecule has 1 aromatic heterocycles. The van der Waals surface area contributed by atoms with Crippen molar-refractivity contribution in [1.29, 1.82) is 0 Å². The number of aromatic nitrogens is 2. The van der Waals surface area contributed by atoms with Crippen molar-refractivity contribution in [2.75, 3.05) is 13.1 Å². The van der Waals surface area contributed by atoms with Crippen molar-refractivity contribution in [3.63, 3.8) is 0 Å². The third kappa shape index (κ3) is 2.77. The standard InChI is InChI=1S/C15H22N6O2/c1-8(16)11(21-6-12(18)15(7-21)2-3-15)4-10(17)9-5-19-14(23)20-13(9)22/h4-5,12H,2-3,6-7,16-18H2,1H3,(H2,19,20,22,23)/b10-4-,11-8+. The van der Waals surface area contributed by atoms with Crippen LogP contribution in [-0.4, -0.2) is 34.0 Å². The average Bonchev–Trinajstić information content (AvgIpc) is 3.16. The Morgan fingerprint density at radius 1 is 1.39 bits per heavy atom. The minimum Gasteiger partial charge on any atom is -0.401 e. The first kappa shape index (κ1) is 15.4. The molecule has 2 heterocycles. The van der Waals surface area contributed by atoms with Gasteiger partial charge in [-0.3, -0.25) is 9.78 Å². The summed E-state index contributed by atoms with van der Waals surface area (Å²) in [4.78, 5) is 29.6. The van der Waals surface area contributed by atoms with Gasteiger partial charge in [-0.1, -0.05) is 0 Å². The highest BCUT2D eigenvalue weighted by Gasteiger charge is 2.53. The van der Waals surface area contributed by atoms with Crippen molar-refractivity contribution in [3.8, 4) is 0 Å². The molecule has 0 radical (unpaired) electrons. The highest BCUT2D eigenvalue weighted by atomic mass is 16.2. The molecule has 2 fully saturated rings. The van der Waals surface area contributed by atoms with Crippen molar-refractivity contribution < 1.29 is 0 Å². The van der Waals surface area contributed by atoms with Gasteiger partial charge >= 0.3 is 5.69 Å². The van der Waals surface area contributed by atoms with Gasteiger partial charge in [0.25, 0.3) is 5.56 Å². The van der Waals surface area contributed by atoms with Gasteiger partial charge in [-0.25, -0.2) is 4.79 Å². The molecule has 23 heavy (non-hydrogen) atoms. The molecule has 1 atom stereocenters. The molecule has 1 aromatic rings. The van der Waals surface area contributed by atoms with Gasteiger partial charge in [0.15, 0.2) is 0 Å². The lowest BCUT2D eigenvalue weighted by atomic mass is 10.0. The van der Waals surface area contributed by atoms with Gasteiger partial charge in [0.1, 0.15) is 0 Å². The predicted octanol–water partition coefficient (Wildman–Crippen LogP) is -1.02. The van der Waals surface area contributed by atoms with Crippen LogP contribution in [0.5, 0.6) is 0 Å². The molecule has 1 spiro atoms. The molecule has 0 bridgehead atoms. The van der Waals surface area contributed by atoms with E-state index in [4.69, 9.17) is 17.2 Å². The fourth-order valence-electron chi connectivity index (χ4n) is 3.17. The maximum absolute atomic E-state index is 11.8. The molecular weight excluding hydrogens is 296 g/mol. The molecule has 1 aliphatic carbocycles. The third-order valence-corrected chi connectivity index (χ3v) is 4.77. The second-order valence-corrected chi connectivity index (χ2v) is 6.50. The monoisotopic (exact) mass is 318 g/mol. The third-order valence-electron chi connectivity index (χ3n) is 4.77. The van der Waals surface area contributed by atoms with Gasteiger partial charge in [-0.15, -0.1) is 0 Å². The van der Waals surface area contributed by atoms with Gasteiger partial charge in [0.2, 0.25) is 0 Å². The van der Waals surface area contributed by atoms with Gasteiger partial charge in [-0.2, -0.15) is 0 Å². The van der Waals surface area contributed by atoms with Crippen LogP contribution in [0.3, 0.4) is 0 Å². The fourth-order valence-corrected chi connectivity index (χ4v) is 3.17. The lowest BCUT2D eigenvalue weighted by Gasteiger charge is -2.21. The summed E-state index contributed by atoms with van der Waals surface area (Å²) in [6.07, 6.45) is 5.25. The number of allylic oxidation sites excluding steroid dienone is 2. The maximum Gasteiger partial charge on any atom is 0.325 e. The van der Waals surface area contributed by atoms with Gasteiger partial charge in [0.05, 0.1) is 11.3 Å². The van der Waals surface area contributed by atoms with Crippen LogP contribution in [0.4, 0.5) is 0 Å². The van der Waals surface area contributed by atoms with E-state index >= 15 is 0 Å². The Bertz CT molecular complexity index is 795. The Labute approximate surface area is 133 Å². The van der Waals surface area contributed by atoms with Crippen molar-refractivity contribution in [1.82, 2.24) is 14.9 Å². The van der Waals surface area contributed by atoms with E-state index in [1.165, 1.54) is 6.20 Å². The summed E-state index contributed by atoms with van der Waals surface area (Å²) in [5.41, 5.74) is 19.2. The molecule has 8 nitrogen and oxygen atoms in total. The van der Waals surface area contributed by atoms with E-state index in [-0.39, 0.29) is 22.7 Å². The Kier molecular flexibility index (Phi) is 3.56. The Morgan fingerprint density at radius 3 is 2.61 bits per heavy atom. The van der Waals surface area contributed by atoms with Crippen molar-refractivity contribution in [2.45, 2.75) is 25.8 Å². The predicted molar refractivity (Wildman–Crippen MR) is 88.0 cm³/mol. The molecule has 1 unspecified atom stereocenters. The summed E-state index contributed by atoms with van der Waals surface area (Å²) in [5, 5.41) is 0. The number of likely N-dealkylation sites (tertiary alicyclic amines) is 1. The largest absolute Gasteiger partial charge is 0.401 e. The number of nitrogens with zero attached hydrogens (tertiary/aromatic N) is 1. The zero-order chi connectivity index (χ0) is 16.8. The van der Waals surface area contributed by atoms with Crippen molar-refractivity contribution in [3.05, 3.63) is 50.1 Å². The summed E-state index contributed by atoms with van der Waals surface area (Å²) >= 11 is 0. The molecule has 3 rings (SSSR count). The minimum atomic E-state index is -0.571. The number of hydrogen-bond acceptors (Lipinski definition) is 6. The maximum atomic E-state index is 11.8. The lowest BCUT2D eigenvalue weighted by molar-refractivity contribution is 0.404. The zero-order valence-corrected chi connectivity index (χ0v) is 13.1. The molecule has 0 amide bonds. The second-order valence-electron chi connectivity index (χ2n) is 6.50. The number of H-pyrrole nitrogens is 2. The first-order valence-corrected chi connectivity index (χ1v) is 7.59. The number of hydrogen-bond donors (Lipinski definition) is 5. The number of nitrogens with one attached hydrogen (secondary N) is 2. The van der Waals surface area contributed by atoms with E-state index in [0.717, 1.165) is 31.6 Å². The first-order chi connectivity index (χ1) is 10.8. The Morgan fingerprint density at radius 2 is 2.09 bits per heavy atom. The lowest BCUT2D eigenvalue weighted by Crippen LogP contribution is -2.30. The Hall–Kier alpha value is -2.48. The molecule has 8 N–H and O–H groups in total. The van der Waals surface area contributed by atoms with Crippen molar-refractivity contribution in [2.24, 2.45) is 22.6 Å². The van der Waals surface area contributed by atoms with Crippen LogP contribution in [0.2, 0.25) is 0 Å². The molecule has 1 aliphatic heterocycles. The summed E-state index contributed by atoms with van der Waals surface area (Å²) in [6, 6.07) is 0.128. The van der Waals surface area contributed by atoms with Crippen LogP contribution in [0, 0.1) is 5.41 Å². The van der Waals surface area contributed by atoms with E-state index in [2.05, 4.69) is 14.9 Å². The van der Waals surface area contributed by atoms with Gasteiger partial charge in [0, 0.05) is 42.1 Å². The SMILES string of the molecule is C/C(N)=C(/C=C(\N)c1c[nH]c(=O)[nH]c1=O)N1CC(N)C2(CC2)C1. The molecule has 124 valence electrons. The Balaban J connectivity index is 1.92. The molecule has 1 saturated carbocycles. The van der Waals surface area contributed by atoms with Gasteiger partial charge in [-0.05, 0) is 25.8 Å². The summed E-state index contributed by atoms with van der Waals surface area (Å²) in [7, 11) is 0. The fraction of sp³-hybridized carbons (Fsp3) is 0.467. The van der Waals surface area contributed by atoms with Crippen LogP contribution in [-0.2, 0) is 0 Å². The van der Waals surface area contributed by atoms with Crippen LogP contribution in [0.1, 0.15) is 25.3 Å². The second kappa shape index (κ2) is 5.31. The summed E-state index contributed by atoms with van der Waals surface area (Å²) < 4.78 is 0. The number of nitrogens with two attached hydrogens (primary N) is 3. The molecule has 0 aromatic carbocycles. The molecule has 2 aliphatic rings. The summed E-state index contributed by atoms with van der Waals surface area (Å²) in [5.74, 6) is 0. The van der Waals surface area contributed by atoms with Crippen molar-refractivity contribution >= 4 is 5.70 Å². The summed E-state index contributed by atoms with van der Waals surface area (Å²) in [6.45, 7) is 3.36. The van der Waals surface area contributed by atoms with Crippen LogP contribution < -0.4 is 28.5 Å². The van der Waals surface area contributed by atoms with Crippen LogP contribution >= 0.6 is 0 Å². The van der Waals surface area contributed by atoms with E-state index in [0.29, 0.717) is 5.70 Å². The van der Waals surface area contributed by atoms with E-state index in [1.807, 2.05) is 0 Å². The highest BCUT2D eigenvalue weighted by molar-refractivity contribution is 5.64. The van der Waals surface area contributed by atoms with E-state index < -0.39 is 11.2 Å². The molecular formula is C15H22N6O2. The zero-order valence-electron chi connectivity index (χ0n) is 13.1. The van der Waals surface area contributed by atoms with E-state index in [9.17, 15) is 9.59 Å². The van der Waals surface area contributed by atoms with Crippen LogP contribution in [0.25, 0.3) is 5.70 Å². The van der Waals surface area contributed by atoms with E-state index in [1.54, 1.807) is 13.0 Å². The molecule has 8 heteroatoms. The molecule has 1 saturated heterocycles. The normalized spacial score (nSPS) is 24.0. The number of aromatic amines is 2. The average molecular weight is 318 g/mol. The highest BCUT2D eigenvalue weighted by Crippen LogP contribution is 2.52. The van der Waals surface area contributed by atoms with Gasteiger partial charge < -0.3 is 27.1 Å². The topological polar surface area (TPSA) is 147 Å². The first-order valence-electron chi connectivity index (χ1n) is 7.59. The quantitative estimate of drug-likeness (QED) is 0.450. The van der Waals surface area contributed by atoms with Crippen LogP contribution in [0.15, 0.2) is 33.3 Å². The minimum absolute atomic E-state index is 0.128. The smallest absolute Gasteiger partial charge is 0.325 e.